The summed E-state index contributed by atoms with van der Waals surface area (Å²) in [7, 11) is 1.56. The first kappa shape index (κ1) is 24.3. The number of nitrogens with one attached hydrogen (secondary N) is 2. The predicted molar refractivity (Wildman–Crippen MR) is 129 cm³/mol. The Morgan fingerprint density at radius 3 is 2.74 bits per heavy atom. The molecule has 1 amide bonds. The van der Waals surface area contributed by atoms with Gasteiger partial charge in [-0.1, -0.05) is 30.9 Å². The third kappa shape index (κ3) is 5.61. The summed E-state index contributed by atoms with van der Waals surface area (Å²) in [6.45, 7) is 0. The van der Waals surface area contributed by atoms with Gasteiger partial charge in [-0.3, -0.25) is 14.4 Å². The predicted octanol–water partition coefficient (Wildman–Crippen LogP) is 4.98. The summed E-state index contributed by atoms with van der Waals surface area (Å²) in [4.78, 5) is 41.6. The Kier molecular flexibility index (Phi) is 7.57. The highest BCUT2D eigenvalue weighted by molar-refractivity contribution is 6.35. The number of hydrogen-bond donors (Lipinski definition) is 2. The van der Waals surface area contributed by atoms with Crippen molar-refractivity contribution in [2.45, 2.75) is 63.8 Å². The van der Waals surface area contributed by atoms with Crippen LogP contribution in [0.4, 0.5) is 0 Å². The van der Waals surface area contributed by atoms with Gasteiger partial charge in [-0.2, -0.15) is 5.26 Å². The van der Waals surface area contributed by atoms with Crippen LogP contribution in [0.25, 0.3) is 10.9 Å². The first-order valence-corrected chi connectivity index (χ1v) is 12.4. The van der Waals surface area contributed by atoms with E-state index in [0.717, 1.165) is 32.1 Å². The Bertz CT molecular complexity index is 1130. The summed E-state index contributed by atoms with van der Waals surface area (Å²) in [6, 6.07) is 6.57. The zero-order valence-electron chi connectivity index (χ0n) is 19.4. The fraction of sp³-hybridized carbons (Fsp3) is 0.538. The van der Waals surface area contributed by atoms with Gasteiger partial charge in [0.2, 0.25) is 5.91 Å². The molecule has 0 saturated heterocycles. The lowest BCUT2D eigenvalue weighted by atomic mass is 9.83. The molecule has 3 unspecified atom stereocenters. The molecule has 3 atom stereocenters. The third-order valence-electron chi connectivity index (χ3n) is 7.01. The van der Waals surface area contributed by atoms with E-state index in [2.05, 4.69) is 16.4 Å². The molecule has 2 saturated carbocycles. The average molecular weight is 484 g/mol. The van der Waals surface area contributed by atoms with Crippen molar-refractivity contribution < 1.29 is 19.1 Å². The molecule has 0 aliphatic heterocycles. The molecule has 4 rings (SSSR count). The minimum atomic E-state index is -0.729. The molecule has 2 N–H and O–H groups in total. The Labute approximate surface area is 204 Å². The number of carbonyl (C=O) groups is 3. The molecule has 2 aromatic rings. The van der Waals surface area contributed by atoms with Crippen LogP contribution in [-0.4, -0.2) is 35.6 Å². The van der Waals surface area contributed by atoms with E-state index in [0.29, 0.717) is 52.5 Å². The number of carbonyl (C=O) groups excluding carboxylic acids is 3. The van der Waals surface area contributed by atoms with Crippen molar-refractivity contribution in [2.24, 2.45) is 17.8 Å². The molecule has 0 bridgehead atoms. The molecule has 0 radical (unpaired) electrons. The van der Waals surface area contributed by atoms with Crippen molar-refractivity contribution in [2.75, 3.05) is 7.11 Å². The molecule has 2 aliphatic carbocycles. The van der Waals surface area contributed by atoms with Gasteiger partial charge in [-0.05, 0) is 49.8 Å². The number of hydrogen-bond acceptors (Lipinski definition) is 5. The topological polar surface area (TPSA) is 112 Å². The number of Topliss-reactive ketones (excluding diaryl/α,β-unsaturated/α-hetero) is 2. The molecule has 2 fully saturated rings. The maximum absolute atomic E-state index is 13.2. The SMILES string of the molecule is COc1ccc(Cl)c2[nH]c(C(=O)CC(CC3CC3)C(=O)NC(C#N)CC3CCCCC3=O)cc12. The zero-order valence-corrected chi connectivity index (χ0v) is 20.1. The summed E-state index contributed by atoms with van der Waals surface area (Å²) < 4.78 is 5.37. The van der Waals surface area contributed by atoms with E-state index in [9.17, 15) is 19.6 Å². The first-order valence-electron chi connectivity index (χ1n) is 12.0. The number of halogens is 1. The van der Waals surface area contributed by atoms with Crippen LogP contribution < -0.4 is 10.1 Å². The maximum atomic E-state index is 13.2. The fourth-order valence-corrected chi connectivity index (χ4v) is 5.09. The number of aromatic amines is 1. The van der Waals surface area contributed by atoms with E-state index in [-0.39, 0.29) is 29.8 Å². The molecule has 0 spiro atoms. The Morgan fingerprint density at radius 2 is 2.06 bits per heavy atom. The number of nitrogens with zero attached hydrogens (tertiary/aromatic N) is 1. The number of aromatic nitrogens is 1. The van der Waals surface area contributed by atoms with Crippen LogP contribution in [0.5, 0.6) is 5.75 Å². The van der Waals surface area contributed by atoms with Crippen LogP contribution in [0, 0.1) is 29.1 Å². The second-order valence-corrected chi connectivity index (χ2v) is 9.97. The van der Waals surface area contributed by atoms with Gasteiger partial charge in [0.1, 0.15) is 17.6 Å². The normalized spacial score (nSPS) is 19.9. The van der Waals surface area contributed by atoms with Crippen molar-refractivity contribution in [3.8, 4) is 11.8 Å². The van der Waals surface area contributed by atoms with Gasteiger partial charge in [0.05, 0.1) is 29.4 Å². The number of fused-ring (bicyclic) bond motifs is 1. The van der Waals surface area contributed by atoms with Gasteiger partial charge in [0.25, 0.3) is 0 Å². The summed E-state index contributed by atoms with van der Waals surface area (Å²) in [6.07, 6.45) is 6.28. The van der Waals surface area contributed by atoms with Crippen LogP contribution >= 0.6 is 11.6 Å². The molecular weight excluding hydrogens is 454 g/mol. The van der Waals surface area contributed by atoms with Crippen LogP contribution in [0.2, 0.25) is 5.02 Å². The standard InChI is InChI=1S/C26H30ClN3O4/c1-34-24-9-8-20(27)25-19(24)13-21(30-25)23(32)12-17(10-15-6-7-15)26(33)29-18(14-28)11-16-4-2-3-5-22(16)31/h8-9,13,15-18,30H,2-7,10-12H2,1H3,(H,29,33). The lowest BCUT2D eigenvalue weighted by molar-refractivity contribution is -0.127. The number of rotatable bonds is 10. The summed E-state index contributed by atoms with van der Waals surface area (Å²) >= 11 is 6.28. The highest BCUT2D eigenvalue weighted by Gasteiger charge is 2.33. The number of ether oxygens (including phenoxy) is 1. The molecule has 7 nitrogen and oxygen atoms in total. The molecule has 1 aromatic heterocycles. The van der Waals surface area contributed by atoms with Crippen molar-refractivity contribution in [3.63, 3.8) is 0 Å². The molecule has 1 heterocycles. The van der Waals surface area contributed by atoms with Gasteiger partial charge in [0, 0.05) is 30.1 Å². The molecule has 1 aromatic carbocycles. The highest BCUT2D eigenvalue weighted by atomic mass is 35.5. The van der Waals surface area contributed by atoms with Gasteiger partial charge >= 0.3 is 0 Å². The minimum Gasteiger partial charge on any atom is -0.496 e. The van der Waals surface area contributed by atoms with Crippen molar-refractivity contribution >= 4 is 40.0 Å². The van der Waals surface area contributed by atoms with E-state index in [1.807, 2.05) is 0 Å². The van der Waals surface area contributed by atoms with Crippen LogP contribution in [0.3, 0.4) is 0 Å². The van der Waals surface area contributed by atoms with Crippen LogP contribution in [-0.2, 0) is 9.59 Å². The number of ketones is 2. The van der Waals surface area contributed by atoms with Crippen LogP contribution in [0.1, 0.15) is 68.3 Å². The number of benzene rings is 1. The molecular formula is C26H30ClN3O4. The smallest absolute Gasteiger partial charge is 0.224 e. The average Bonchev–Trinajstić information content (AvgIpc) is 3.53. The Balaban J connectivity index is 1.46. The number of nitriles is 1. The highest BCUT2D eigenvalue weighted by Crippen LogP contribution is 2.37. The van der Waals surface area contributed by atoms with E-state index in [4.69, 9.17) is 16.3 Å². The van der Waals surface area contributed by atoms with Crippen molar-refractivity contribution in [3.05, 3.63) is 28.9 Å². The number of methoxy groups -OCH3 is 1. The number of amides is 1. The first-order chi connectivity index (χ1) is 16.4. The Hall–Kier alpha value is -2.85. The van der Waals surface area contributed by atoms with Gasteiger partial charge in [-0.15, -0.1) is 0 Å². The quantitative estimate of drug-likeness (QED) is 0.463. The lowest BCUT2D eigenvalue weighted by Crippen LogP contribution is -2.41. The molecule has 180 valence electrons. The second-order valence-electron chi connectivity index (χ2n) is 9.56. The molecule has 2 aliphatic rings. The Morgan fingerprint density at radius 1 is 1.26 bits per heavy atom. The minimum absolute atomic E-state index is 0.0373. The third-order valence-corrected chi connectivity index (χ3v) is 7.33. The second kappa shape index (κ2) is 10.6. The monoisotopic (exact) mass is 483 g/mol. The van der Waals surface area contributed by atoms with E-state index in [1.165, 1.54) is 0 Å². The van der Waals surface area contributed by atoms with Gasteiger partial charge in [0.15, 0.2) is 5.78 Å². The van der Waals surface area contributed by atoms with Crippen LogP contribution in [0.15, 0.2) is 18.2 Å². The largest absolute Gasteiger partial charge is 0.496 e. The van der Waals surface area contributed by atoms with Crippen molar-refractivity contribution in [1.29, 1.82) is 5.26 Å². The van der Waals surface area contributed by atoms with Gasteiger partial charge in [-0.25, -0.2) is 0 Å². The molecule has 8 heteroatoms. The summed E-state index contributed by atoms with van der Waals surface area (Å²) in [5, 5.41) is 13.6. The maximum Gasteiger partial charge on any atom is 0.224 e. The summed E-state index contributed by atoms with van der Waals surface area (Å²) in [5.74, 6) is 0.0403. The van der Waals surface area contributed by atoms with E-state index < -0.39 is 12.0 Å². The summed E-state index contributed by atoms with van der Waals surface area (Å²) in [5.41, 5.74) is 0.994. The van der Waals surface area contributed by atoms with E-state index >= 15 is 0 Å². The zero-order chi connectivity index (χ0) is 24.2. The lowest BCUT2D eigenvalue weighted by Gasteiger charge is -2.24. The van der Waals surface area contributed by atoms with E-state index in [1.54, 1.807) is 25.3 Å². The van der Waals surface area contributed by atoms with Gasteiger partial charge < -0.3 is 15.0 Å². The fourth-order valence-electron chi connectivity index (χ4n) is 4.88. The van der Waals surface area contributed by atoms with Crippen molar-refractivity contribution in [1.82, 2.24) is 10.3 Å². The molecule has 34 heavy (non-hydrogen) atoms. The number of H-pyrrole nitrogens is 1.